The minimum atomic E-state index is -0.769. The first kappa shape index (κ1) is 31.0. The Labute approximate surface area is 208 Å². The molecule has 1 fully saturated rings. The number of ether oxygens (including phenoxy) is 1. The molecular weight excluding hydrogens is 395 g/mol. The Bertz CT molecular complexity index is 607. The van der Waals surface area contributed by atoms with E-state index in [2.05, 4.69) is 43.2 Å². The summed E-state index contributed by atoms with van der Waals surface area (Å²) < 4.78 is 5.21. The van der Waals surface area contributed by atoms with E-state index in [1.165, 1.54) is 62.6 Å². The monoisotopic (exact) mass is 438 g/mol. The van der Waals surface area contributed by atoms with Gasteiger partial charge in [0.1, 0.15) is 5.82 Å². The molecule has 1 aromatic heterocycles. The topological polar surface area (TPSA) is 71.5 Å². The summed E-state index contributed by atoms with van der Waals surface area (Å²) in [4.78, 5) is 14.5. The van der Waals surface area contributed by atoms with Crippen LogP contribution in [0.25, 0.3) is 0 Å². The van der Waals surface area contributed by atoms with E-state index in [0.717, 1.165) is 37.7 Å². The van der Waals surface area contributed by atoms with Gasteiger partial charge in [-0.3, -0.25) is 4.79 Å². The molecule has 0 radical (unpaired) electrons. The second-order valence-corrected chi connectivity index (χ2v) is 8.40. The number of pyridine rings is 1. The van der Waals surface area contributed by atoms with Gasteiger partial charge >= 0.3 is 24.8 Å². The zero-order chi connectivity index (χ0) is 22.9. The quantitative estimate of drug-likeness (QED) is 0.352. The van der Waals surface area contributed by atoms with Gasteiger partial charge in [-0.2, -0.15) is 12.8 Å². The molecule has 3 rings (SSSR count). The molecule has 1 aliphatic heterocycles. The van der Waals surface area contributed by atoms with Gasteiger partial charge < -0.3 is 35.9 Å². The van der Waals surface area contributed by atoms with E-state index >= 15 is 0 Å². The average molecular weight is 439 g/mol. The normalized spacial score (nSPS) is 15.6. The van der Waals surface area contributed by atoms with Crippen molar-refractivity contribution in [3.63, 3.8) is 0 Å². The Morgan fingerprint density at radius 1 is 1.22 bits per heavy atom. The van der Waals surface area contributed by atoms with Crippen molar-refractivity contribution in [1.82, 2.24) is 4.98 Å². The molecule has 2 N–H and O–H groups in total. The van der Waals surface area contributed by atoms with Crippen LogP contribution in [0.5, 0.6) is 0 Å². The summed E-state index contributed by atoms with van der Waals surface area (Å²) in [6, 6.07) is 4.41. The van der Waals surface area contributed by atoms with Crippen LogP contribution in [0.2, 0.25) is 0 Å². The van der Waals surface area contributed by atoms with Gasteiger partial charge in [0.15, 0.2) is 0 Å². The van der Waals surface area contributed by atoms with Crippen molar-refractivity contribution in [3.8, 4) is 0 Å². The molecule has 1 aromatic rings. The molecule has 0 unspecified atom stereocenters. The first-order chi connectivity index (χ1) is 15.0. The predicted molar refractivity (Wildman–Crippen MR) is 129 cm³/mol. The molecular formula is C26H43LiN2O3-2. The standard InChI is InChI=1S/C13H19N2.C8H15O.C5H9O2.Li/c1-2-3-4-7-12-9-8-11-6-5-10-14-13(11)15-12;1-2-9-7-8-5-3-4-6-8;1-3-4(2)5(6)7;/h8-9H,1-7,10H2,(H,14,15);8H,1-7H2;4H,1,3H2,2H3,(H,6,7);/q3*-1;+1/t;;4-;/m..0./s1. The summed E-state index contributed by atoms with van der Waals surface area (Å²) in [5.41, 5.74) is 2.60. The van der Waals surface area contributed by atoms with Crippen molar-refractivity contribution in [3.05, 3.63) is 44.2 Å². The van der Waals surface area contributed by atoms with Crippen molar-refractivity contribution >= 4 is 11.8 Å². The fourth-order valence-corrected chi connectivity index (χ4v) is 3.54. The van der Waals surface area contributed by atoms with Crippen molar-refractivity contribution in [2.75, 3.05) is 25.1 Å². The summed E-state index contributed by atoms with van der Waals surface area (Å²) in [6.45, 7) is 15.2. The Morgan fingerprint density at radius 2 is 1.94 bits per heavy atom. The molecule has 5 nitrogen and oxygen atoms in total. The third-order valence-electron chi connectivity index (χ3n) is 5.71. The second kappa shape index (κ2) is 19.4. The van der Waals surface area contributed by atoms with Crippen LogP contribution in [0.3, 0.4) is 0 Å². The zero-order valence-electron chi connectivity index (χ0n) is 20.5. The van der Waals surface area contributed by atoms with Crippen molar-refractivity contribution in [1.29, 1.82) is 0 Å². The van der Waals surface area contributed by atoms with Crippen molar-refractivity contribution in [2.24, 2.45) is 11.8 Å². The van der Waals surface area contributed by atoms with E-state index in [0.29, 0.717) is 13.0 Å². The van der Waals surface area contributed by atoms with Gasteiger partial charge in [0, 0.05) is 24.8 Å². The van der Waals surface area contributed by atoms with Crippen LogP contribution >= 0.6 is 0 Å². The van der Waals surface area contributed by atoms with Gasteiger partial charge in [0.05, 0.1) is 0 Å². The third kappa shape index (κ3) is 13.5. The van der Waals surface area contributed by atoms with Crippen LogP contribution in [-0.2, 0) is 22.4 Å². The number of carboxylic acid groups (broad SMARTS) is 1. The van der Waals surface area contributed by atoms with E-state index in [9.17, 15) is 4.79 Å². The Kier molecular flexibility index (Phi) is 18.8. The summed E-state index contributed by atoms with van der Waals surface area (Å²) in [5, 5.41) is 11.5. The molecule has 0 amide bonds. The van der Waals surface area contributed by atoms with Gasteiger partial charge in [0.2, 0.25) is 0 Å². The van der Waals surface area contributed by atoms with Crippen LogP contribution in [0, 0.1) is 32.6 Å². The fourth-order valence-electron chi connectivity index (χ4n) is 3.54. The number of anilines is 1. The van der Waals surface area contributed by atoms with Gasteiger partial charge in [-0.15, -0.1) is 0 Å². The van der Waals surface area contributed by atoms with Crippen molar-refractivity contribution < 1.29 is 33.5 Å². The van der Waals surface area contributed by atoms with Gasteiger partial charge in [-0.25, -0.2) is 4.98 Å². The Balaban J connectivity index is 0.000000487. The van der Waals surface area contributed by atoms with Crippen LogP contribution in [0.15, 0.2) is 12.1 Å². The fraction of sp³-hybridized carbons (Fsp3) is 0.654. The predicted octanol–water partition coefficient (Wildman–Crippen LogP) is 2.95. The van der Waals surface area contributed by atoms with Gasteiger partial charge in [-0.1, -0.05) is 45.3 Å². The number of aryl methyl sites for hydroxylation is 2. The molecule has 6 heteroatoms. The number of nitrogens with zero attached hydrogens (tertiary/aromatic N) is 1. The summed E-state index contributed by atoms with van der Waals surface area (Å²) in [5.74, 6) is 0.912. The number of nitrogens with one attached hydrogen (secondary N) is 1. The minimum absolute atomic E-state index is 0. The molecule has 32 heavy (non-hydrogen) atoms. The van der Waals surface area contributed by atoms with Crippen LogP contribution in [0.4, 0.5) is 5.82 Å². The molecule has 0 saturated heterocycles. The first-order valence-corrected chi connectivity index (χ1v) is 11.9. The van der Waals surface area contributed by atoms with E-state index in [-0.39, 0.29) is 24.8 Å². The number of fused-ring (bicyclic) bond motifs is 1. The van der Waals surface area contributed by atoms with Gasteiger partial charge in [0.25, 0.3) is 0 Å². The van der Waals surface area contributed by atoms with Crippen molar-refractivity contribution in [2.45, 2.75) is 77.6 Å². The van der Waals surface area contributed by atoms with Crippen LogP contribution in [0.1, 0.15) is 76.0 Å². The summed E-state index contributed by atoms with van der Waals surface area (Å²) in [7, 11) is 0. The number of carbonyl (C=O) groups is 1. The smallest absolute Gasteiger partial charge is 0.481 e. The molecule has 2 heterocycles. The summed E-state index contributed by atoms with van der Waals surface area (Å²) >= 11 is 0. The number of unbranched alkanes of at least 4 members (excludes halogenated alkanes) is 2. The van der Waals surface area contributed by atoms with E-state index in [1.54, 1.807) is 6.92 Å². The largest absolute Gasteiger partial charge is 1.00 e. The number of rotatable bonds is 9. The molecule has 0 aromatic carbocycles. The minimum Gasteiger partial charge on any atom is -0.481 e. The van der Waals surface area contributed by atoms with E-state index in [4.69, 9.17) is 9.84 Å². The molecule has 0 spiro atoms. The Hall–Kier alpha value is -1.02. The zero-order valence-corrected chi connectivity index (χ0v) is 20.5. The average Bonchev–Trinajstić information content (AvgIpc) is 3.31. The second-order valence-electron chi connectivity index (χ2n) is 8.40. The molecule has 1 aliphatic carbocycles. The first-order valence-electron chi connectivity index (χ1n) is 11.9. The number of aromatic nitrogens is 1. The number of hydrogen-bond acceptors (Lipinski definition) is 4. The molecule has 1 saturated carbocycles. The van der Waals surface area contributed by atoms with E-state index < -0.39 is 5.97 Å². The number of hydrogen-bond donors (Lipinski definition) is 2. The van der Waals surface area contributed by atoms with E-state index in [1.807, 2.05) is 0 Å². The maximum Gasteiger partial charge on any atom is 1.00 e. The maximum atomic E-state index is 9.89. The molecule has 178 valence electrons. The van der Waals surface area contributed by atoms with Gasteiger partial charge in [-0.05, 0) is 49.7 Å². The number of carboxylic acids is 1. The SMILES string of the molecule is [CH2-]CCCCc1ccc2c(n1)NCCC2.[CH2-]COCC1CCCC1.[CH2-]C[C@H](C)C(=O)O.[Li+]. The van der Waals surface area contributed by atoms with Crippen LogP contribution in [-0.4, -0.2) is 35.8 Å². The Morgan fingerprint density at radius 3 is 2.50 bits per heavy atom. The number of aliphatic carboxylic acids is 1. The van der Waals surface area contributed by atoms with Crippen LogP contribution < -0.4 is 24.2 Å². The molecule has 1 atom stereocenters. The molecule has 0 bridgehead atoms. The third-order valence-corrected chi connectivity index (χ3v) is 5.71. The molecule has 2 aliphatic rings. The maximum absolute atomic E-state index is 9.89. The summed E-state index contributed by atoms with van der Waals surface area (Å²) in [6.07, 6.45) is 13.0.